The third kappa shape index (κ3) is 10.3. The lowest BCUT2D eigenvalue weighted by Crippen LogP contribution is -2.74. The summed E-state index contributed by atoms with van der Waals surface area (Å²) in [6.07, 6.45) is 3.02. The van der Waals surface area contributed by atoms with Crippen LogP contribution in [0.1, 0.15) is 89.3 Å². The van der Waals surface area contributed by atoms with Crippen LogP contribution in [0.4, 0.5) is 5.95 Å². The number of aryl methyl sites for hydroxylation is 2. The van der Waals surface area contributed by atoms with Crippen LogP contribution in [0.2, 0.25) is 10.0 Å². The van der Waals surface area contributed by atoms with Gasteiger partial charge < -0.3 is 34.5 Å². The van der Waals surface area contributed by atoms with Gasteiger partial charge in [-0.1, -0.05) is 63.0 Å². The fraction of sp³-hybridized carbons (Fsp3) is 0.469. The van der Waals surface area contributed by atoms with E-state index in [0.717, 1.165) is 46.3 Å². The summed E-state index contributed by atoms with van der Waals surface area (Å²) in [6.45, 7) is 18.8. The summed E-state index contributed by atoms with van der Waals surface area (Å²) in [5.74, 6) is 2.44. The number of fused-ring (bicyclic) bond motifs is 3. The number of aromatic nitrogens is 5. The maximum absolute atomic E-state index is 13.3. The van der Waals surface area contributed by atoms with Gasteiger partial charge in [-0.05, 0) is 50.6 Å². The third-order valence-corrected chi connectivity index (χ3v) is 14.7. The van der Waals surface area contributed by atoms with Crippen LogP contribution in [-0.2, 0) is 19.0 Å². The van der Waals surface area contributed by atoms with Gasteiger partial charge in [0.2, 0.25) is 11.9 Å². The molecule has 1 atom stereocenters. The zero-order valence-corrected chi connectivity index (χ0v) is 41.6. The van der Waals surface area contributed by atoms with E-state index in [1.54, 1.807) is 41.9 Å². The van der Waals surface area contributed by atoms with Gasteiger partial charge in [-0.15, -0.1) is 21.5 Å². The molecule has 0 bridgehead atoms. The number of nitrogens with zero attached hydrogens (tertiary/aromatic N) is 8. The molecule has 3 aromatic heterocycles. The van der Waals surface area contributed by atoms with Gasteiger partial charge in [0.25, 0.3) is 5.91 Å². The first kappa shape index (κ1) is 49.0. The number of nitriles is 1. The van der Waals surface area contributed by atoms with E-state index in [1.807, 2.05) is 35.8 Å². The lowest BCUT2D eigenvalue weighted by Gasteiger charge is -2.63. The van der Waals surface area contributed by atoms with Gasteiger partial charge in [-0.2, -0.15) is 5.26 Å². The Morgan fingerprint density at radius 1 is 0.912 bits per heavy atom. The molecule has 2 aliphatic heterocycles. The Kier molecular flexibility index (Phi) is 14.9. The van der Waals surface area contributed by atoms with E-state index >= 15 is 0 Å². The minimum atomic E-state index is -0.546. The smallest absolute Gasteiger partial charge is 0.254 e. The van der Waals surface area contributed by atoms with Gasteiger partial charge >= 0.3 is 0 Å². The molecule has 5 heterocycles. The molecule has 2 amide bonds. The van der Waals surface area contributed by atoms with Crippen LogP contribution in [0, 0.1) is 48.9 Å². The lowest BCUT2D eigenvalue weighted by molar-refractivity contribution is -0.164. The maximum Gasteiger partial charge on any atom is 0.254 e. The zero-order valence-electron chi connectivity index (χ0n) is 39.3. The van der Waals surface area contributed by atoms with Crippen LogP contribution >= 0.6 is 34.5 Å². The molecule has 2 fully saturated rings. The van der Waals surface area contributed by atoms with Crippen LogP contribution in [0.25, 0.3) is 5.00 Å². The van der Waals surface area contributed by atoms with E-state index in [4.69, 9.17) is 47.1 Å². The number of ether oxygens (including phenoxy) is 4. The highest BCUT2D eigenvalue weighted by Gasteiger charge is 2.64. The summed E-state index contributed by atoms with van der Waals surface area (Å²) >= 11 is 14.1. The topological polar surface area (TPSA) is 191 Å². The molecule has 358 valence electrons. The second kappa shape index (κ2) is 20.6. The number of benzene rings is 2. The number of amides is 2. The molecule has 0 unspecified atom stereocenters. The maximum atomic E-state index is 13.3. The van der Waals surface area contributed by atoms with Crippen molar-refractivity contribution in [3.05, 3.63) is 109 Å². The molecule has 2 aromatic carbocycles. The van der Waals surface area contributed by atoms with Crippen molar-refractivity contribution in [1.29, 1.82) is 5.26 Å². The average molecular weight is 984 g/mol. The molecule has 16 nitrogen and oxygen atoms in total. The molecule has 3 aliphatic rings. The van der Waals surface area contributed by atoms with Crippen molar-refractivity contribution in [2.75, 3.05) is 64.2 Å². The van der Waals surface area contributed by atoms with Gasteiger partial charge in [-0.25, -0.2) is 9.97 Å². The van der Waals surface area contributed by atoms with Crippen molar-refractivity contribution in [3.63, 3.8) is 0 Å². The van der Waals surface area contributed by atoms with E-state index in [0.29, 0.717) is 90.8 Å². The summed E-state index contributed by atoms with van der Waals surface area (Å²) in [6, 6.07) is 14.0. The van der Waals surface area contributed by atoms with Crippen LogP contribution in [0.5, 0.6) is 5.75 Å². The number of thiophene rings is 1. The number of carbonyl (C=O) groups is 2. The van der Waals surface area contributed by atoms with Crippen molar-refractivity contribution in [3.8, 4) is 16.8 Å². The van der Waals surface area contributed by atoms with Crippen molar-refractivity contribution in [2.45, 2.75) is 73.1 Å². The van der Waals surface area contributed by atoms with Gasteiger partial charge in [0.1, 0.15) is 34.8 Å². The highest BCUT2D eigenvalue weighted by molar-refractivity contribution is 7.15. The average Bonchev–Trinajstić information content (AvgIpc) is 3.78. The molecule has 1 aliphatic carbocycles. The highest BCUT2D eigenvalue weighted by Crippen LogP contribution is 2.55. The molecule has 5 aromatic rings. The minimum absolute atomic E-state index is 0.101. The Morgan fingerprint density at radius 3 is 2.26 bits per heavy atom. The fourth-order valence-electron chi connectivity index (χ4n) is 9.58. The molecule has 1 saturated heterocycles. The predicted octanol–water partition coefficient (Wildman–Crippen LogP) is 7.42. The largest absolute Gasteiger partial charge is 0.489 e. The van der Waals surface area contributed by atoms with E-state index in [9.17, 15) is 14.9 Å². The van der Waals surface area contributed by atoms with Gasteiger partial charge in [0, 0.05) is 81.9 Å². The van der Waals surface area contributed by atoms with Crippen molar-refractivity contribution in [1.82, 2.24) is 35.4 Å². The van der Waals surface area contributed by atoms with Crippen molar-refractivity contribution in [2.24, 2.45) is 21.7 Å². The van der Waals surface area contributed by atoms with E-state index in [2.05, 4.69) is 83.3 Å². The van der Waals surface area contributed by atoms with Crippen LogP contribution in [0.3, 0.4) is 0 Å². The number of halogens is 2. The molecule has 8 rings (SSSR count). The Morgan fingerprint density at radius 2 is 1.59 bits per heavy atom. The minimum Gasteiger partial charge on any atom is -0.489 e. The van der Waals surface area contributed by atoms with E-state index < -0.39 is 16.9 Å². The highest BCUT2D eigenvalue weighted by atomic mass is 35.5. The summed E-state index contributed by atoms with van der Waals surface area (Å²) < 4.78 is 25.6. The van der Waals surface area contributed by atoms with Gasteiger partial charge in [0.05, 0.1) is 67.9 Å². The Hall–Kier alpha value is -5.48. The SMILES string of the molecule is Cc1sc2c(c1C)C(c1ccc(Cl)cc1)=N[C@@H](CC(=O)NCCOCCOCCOCC1CN(c3ncc(C(=O)NC4C(C)(C)C(Oc5ccc(C#N)c(Cl)c5)C4(C)C)cn3)C1)c1nnc(C)n1-2. The normalized spacial score (nSPS) is 19.1. The first-order chi connectivity index (χ1) is 32.6. The molecule has 2 N–H and O–H groups in total. The molecule has 19 heteroatoms. The monoisotopic (exact) mass is 982 g/mol. The lowest BCUT2D eigenvalue weighted by atomic mass is 9.49. The first-order valence-electron chi connectivity index (χ1n) is 22.7. The molecule has 0 radical (unpaired) electrons. The fourth-order valence-corrected chi connectivity index (χ4v) is 11.1. The van der Waals surface area contributed by atoms with Crippen LogP contribution in [-0.4, -0.2) is 114 Å². The quantitative estimate of drug-likeness (QED) is 0.0780. The van der Waals surface area contributed by atoms with E-state index in [1.165, 1.54) is 4.88 Å². The second-order valence-electron chi connectivity index (χ2n) is 18.6. The Bertz CT molecular complexity index is 2690. The molecule has 0 spiro atoms. The van der Waals surface area contributed by atoms with Gasteiger partial charge in [-0.3, -0.25) is 19.1 Å². The molecular weight excluding hydrogens is 928 g/mol. The summed E-state index contributed by atoms with van der Waals surface area (Å²) in [5, 5.41) is 26.2. The number of nitrogens with one attached hydrogen (secondary N) is 2. The summed E-state index contributed by atoms with van der Waals surface area (Å²) in [5.41, 5.74) is 3.86. The first-order valence-corrected chi connectivity index (χ1v) is 24.2. The molecule has 1 saturated carbocycles. The molecular formula is C49H56Cl2N10O6S. The standard InChI is InChI=1S/C49H56Cl2N10O6S/c1-28-29(2)68-44-40(28)41(32-8-11-35(50)12-9-32)56-38(42-59-58-30(3)61(42)44)21-39(62)53-14-15-64-16-17-65-18-19-66-27-31-25-60(26-31)47-54-23-34(24-55-47)43(63)57-45-48(4,5)46(49(45,6)7)67-36-13-10-33(22-52)37(51)20-36/h8-13,20,23-24,31,38,45-46H,14-19,21,25-27H2,1-7H3,(H,53,62)(H,57,63)/t38-,45?,46?/m0/s1. The van der Waals surface area contributed by atoms with Crippen molar-refractivity contribution >= 4 is 58.0 Å². The van der Waals surface area contributed by atoms with Crippen LogP contribution in [0.15, 0.2) is 59.9 Å². The van der Waals surface area contributed by atoms with E-state index in [-0.39, 0.29) is 30.4 Å². The second-order valence-corrected chi connectivity index (χ2v) is 20.6. The number of hydrogen-bond acceptors (Lipinski definition) is 14. The van der Waals surface area contributed by atoms with Gasteiger partial charge in [0.15, 0.2) is 5.82 Å². The number of anilines is 1. The number of rotatable bonds is 19. The third-order valence-electron chi connectivity index (χ3n) is 13.0. The molecule has 68 heavy (non-hydrogen) atoms. The summed E-state index contributed by atoms with van der Waals surface area (Å²) in [4.78, 5) is 44.0. The summed E-state index contributed by atoms with van der Waals surface area (Å²) in [7, 11) is 0. The predicted molar refractivity (Wildman–Crippen MR) is 260 cm³/mol. The van der Waals surface area contributed by atoms with Crippen LogP contribution < -0.4 is 20.3 Å². The Labute approximate surface area is 410 Å². The van der Waals surface area contributed by atoms with Crippen molar-refractivity contribution < 1.29 is 28.5 Å². The number of hydrogen-bond donors (Lipinski definition) is 2. The number of aliphatic imine (C=N–C) groups is 1. The number of carbonyl (C=O) groups excluding carboxylic acids is 2. The zero-order chi connectivity index (χ0) is 48.3. The Balaban J connectivity index is 0.691.